The predicted octanol–water partition coefficient (Wildman–Crippen LogP) is 3.53. The van der Waals surface area contributed by atoms with Gasteiger partial charge in [0.15, 0.2) is 11.5 Å². The Kier molecular flexibility index (Phi) is 5.37. The SMILES string of the molecule is O=C(O)c1ccccc1CC1CCN(C(=O)c2cc(-c3cccnc3)on2)CC1. The molecule has 0 bridgehead atoms. The molecule has 1 aromatic carbocycles. The maximum Gasteiger partial charge on any atom is 0.335 e. The lowest BCUT2D eigenvalue weighted by Crippen LogP contribution is -2.39. The molecule has 0 aliphatic carbocycles. The molecule has 3 heterocycles. The van der Waals surface area contributed by atoms with Gasteiger partial charge in [-0.25, -0.2) is 4.79 Å². The van der Waals surface area contributed by atoms with E-state index in [2.05, 4.69) is 10.1 Å². The summed E-state index contributed by atoms with van der Waals surface area (Å²) in [6.07, 6.45) is 5.69. The van der Waals surface area contributed by atoms with E-state index in [0.717, 1.165) is 24.0 Å². The fourth-order valence-corrected chi connectivity index (χ4v) is 3.74. The van der Waals surface area contributed by atoms with Gasteiger partial charge in [0.2, 0.25) is 0 Å². The highest BCUT2D eigenvalue weighted by atomic mass is 16.5. The van der Waals surface area contributed by atoms with E-state index < -0.39 is 5.97 Å². The van der Waals surface area contributed by atoms with Crippen molar-refractivity contribution in [2.45, 2.75) is 19.3 Å². The van der Waals surface area contributed by atoms with E-state index in [9.17, 15) is 14.7 Å². The van der Waals surface area contributed by atoms with Crippen LogP contribution in [0.3, 0.4) is 0 Å². The van der Waals surface area contributed by atoms with Gasteiger partial charge in [0.25, 0.3) is 5.91 Å². The summed E-state index contributed by atoms with van der Waals surface area (Å²) in [4.78, 5) is 30.0. The third-order valence-corrected chi connectivity index (χ3v) is 5.33. The summed E-state index contributed by atoms with van der Waals surface area (Å²) in [6.45, 7) is 1.24. The number of piperidine rings is 1. The third kappa shape index (κ3) is 4.18. The summed E-state index contributed by atoms with van der Waals surface area (Å²) >= 11 is 0. The van der Waals surface area contributed by atoms with Gasteiger partial charge in [-0.1, -0.05) is 23.4 Å². The second-order valence-electron chi connectivity index (χ2n) is 7.22. The van der Waals surface area contributed by atoms with Crippen LogP contribution in [0.5, 0.6) is 0 Å². The Balaban J connectivity index is 1.37. The maximum absolute atomic E-state index is 12.8. The van der Waals surface area contributed by atoms with Crippen molar-refractivity contribution in [1.29, 1.82) is 0 Å². The van der Waals surface area contributed by atoms with Gasteiger partial charge in [0, 0.05) is 37.1 Å². The number of nitrogens with zero attached hydrogens (tertiary/aromatic N) is 3. The number of carbonyl (C=O) groups excluding carboxylic acids is 1. The lowest BCUT2D eigenvalue weighted by molar-refractivity contribution is 0.0680. The van der Waals surface area contributed by atoms with E-state index in [4.69, 9.17) is 4.52 Å². The molecule has 1 N–H and O–H groups in total. The number of pyridine rings is 1. The first-order chi connectivity index (χ1) is 14.1. The van der Waals surface area contributed by atoms with Crippen molar-refractivity contribution < 1.29 is 19.2 Å². The van der Waals surface area contributed by atoms with Crippen LogP contribution < -0.4 is 0 Å². The van der Waals surface area contributed by atoms with Crippen molar-refractivity contribution in [1.82, 2.24) is 15.0 Å². The van der Waals surface area contributed by atoms with Crippen LogP contribution in [0.25, 0.3) is 11.3 Å². The largest absolute Gasteiger partial charge is 0.478 e. The molecular formula is C22H21N3O4. The fourth-order valence-electron chi connectivity index (χ4n) is 3.74. The minimum atomic E-state index is -0.899. The van der Waals surface area contributed by atoms with Gasteiger partial charge in [-0.05, 0) is 48.9 Å². The van der Waals surface area contributed by atoms with E-state index in [1.54, 1.807) is 41.6 Å². The fraction of sp³-hybridized carbons (Fsp3) is 0.273. The van der Waals surface area contributed by atoms with Gasteiger partial charge in [0.05, 0.1) is 5.56 Å². The molecule has 1 amide bonds. The van der Waals surface area contributed by atoms with Gasteiger partial charge in [-0.3, -0.25) is 9.78 Å². The molecule has 0 saturated carbocycles. The molecule has 0 radical (unpaired) electrons. The topological polar surface area (TPSA) is 96.5 Å². The third-order valence-electron chi connectivity index (χ3n) is 5.33. The van der Waals surface area contributed by atoms with Crippen molar-refractivity contribution >= 4 is 11.9 Å². The second kappa shape index (κ2) is 8.26. The number of carboxylic acid groups (broad SMARTS) is 1. The molecule has 0 atom stereocenters. The Morgan fingerprint density at radius 3 is 2.66 bits per heavy atom. The Labute approximate surface area is 168 Å². The zero-order chi connectivity index (χ0) is 20.2. The van der Waals surface area contributed by atoms with Crippen LogP contribution in [0.4, 0.5) is 0 Å². The van der Waals surface area contributed by atoms with Crippen LogP contribution in [-0.2, 0) is 6.42 Å². The zero-order valence-corrected chi connectivity index (χ0v) is 15.8. The second-order valence-corrected chi connectivity index (χ2v) is 7.22. The highest BCUT2D eigenvalue weighted by Crippen LogP contribution is 2.25. The van der Waals surface area contributed by atoms with Crippen molar-refractivity contribution in [3.8, 4) is 11.3 Å². The lowest BCUT2D eigenvalue weighted by Gasteiger charge is -2.31. The average molecular weight is 391 g/mol. The molecule has 3 aromatic rings. The summed E-state index contributed by atoms with van der Waals surface area (Å²) < 4.78 is 5.31. The number of likely N-dealkylation sites (tertiary alicyclic amines) is 1. The number of hydrogen-bond donors (Lipinski definition) is 1. The van der Waals surface area contributed by atoms with Crippen LogP contribution in [0.2, 0.25) is 0 Å². The van der Waals surface area contributed by atoms with Crippen LogP contribution in [-0.4, -0.2) is 45.1 Å². The van der Waals surface area contributed by atoms with Gasteiger partial charge in [0.1, 0.15) is 0 Å². The van der Waals surface area contributed by atoms with Gasteiger partial charge in [-0.2, -0.15) is 0 Å². The van der Waals surface area contributed by atoms with Crippen LogP contribution in [0.1, 0.15) is 39.3 Å². The minimum absolute atomic E-state index is 0.145. The highest BCUT2D eigenvalue weighted by molar-refractivity contribution is 5.93. The molecule has 0 unspecified atom stereocenters. The predicted molar refractivity (Wildman–Crippen MR) is 105 cm³/mol. The van der Waals surface area contributed by atoms with Gasteiger partial charge >= 0.3 is 5.97 Å². The number of carbonyl (C=O) groups is 2. The smallest absolute Gasteiger partial charge is 0.335 e. The summed E-state index contributed by atoms with van der Waals surface area (Å²) in [5.41, 5.74) is 2.27. The van der Waals surface area contributed by atoms with Gasteiger partial charge < -0.3 is 14.5 Å². The number of rotatable bonds is 5. The van der Waals surface area contributed by atoms with Crippen molar-refractivity contribution in [2.24, 2.45) is 5.92 Å². The van der Waals surface area contributed by atoms with E-state index >= 15 is 0 Å². The Bertz CT molecular complexity index is 1010. The minimum Gasteiger partial charge on any atom is -0.478 e. The normalized spacial score (nSPS) is 14.7. The number of aromatic nitrogens is 2. The molecule has 1 saturated heterocycles. The van der Waals surface area contributed by atoms with Crippen LogP contribution in [0.15, 0.2) is 59.4 Å². The number of benzene rings is 1. The van der Waals surface area contributed by atoms with Gasteiger partial charge in [-0.15, -0.1) is 0 Å². The number of hydrogen-bond acceptors (Lipinski definition) is 5. The lowest BCUT2D eigenvalue weighted by atomic mass is 9.88. The Morgan fingerprint density at radius 1 is 1.14 bits per heavy atom. The Morgan fingerprint density at radius 2 is 1.93 bits per heavy atom. The molecule has 29 heavy (non-hydrogen) atoms. The molecule has 148 valence electrons. The molecule has 7 heteroatoms. The maximum atomic E-state index is 12.8. The average Bonchev–Trinajstić information content (AvgIpc) is 3.25. The molecular weight excluding hydrogens is 370 g/mol. The number of amides is 1. The molecule has 2 aromatic heterocycles. The first kappa shape index (κ1) is 18.9. The molecule has 1 fully saturated rings. The van der Waals surface area contributed by atoms with E-state index in [1.807, 2.05) is 18.2 Å². The quantitative estimate of drug-likeness (QED) is 0.715. The van der Waals surface area contributed by atoms with E-state index in [0.29, 0.717) is 42.4 Å². The van der Waals surface area contributed by atoms with Crippen molar-refractivity contribution in [2.75, 3.05) is 13.1 Å². The molecule has 0 spiro atoms. The monoisotopic (exact) mass is 391 g/mol. The highest BCUT2D eigenvalue weighted by Gasteiger charge is 2.26. The first-order valence-electron chi connectivity index (χ1n) is 9.59. The van der Waals surface area contributed by atoms with Crippen LogP contribution >= 0.6 is 0 Å². The Hall–Kier alpha value is -3.48. The van der Waals surface area contributed by atoms with Crippen LogP contribution in [0, 0.1) is 5.92 Å². The number of carboxylic acids is 1. The van der Waals surface area contributed by atoms with E-state index in [-0.39, 0.29) is 5.91 Å². The zero-order valence-electron chi connectivity index (χ0n) is 15.8. The summed E-state index contributed by atoms with van der Waals surface area (Å²) in [7, 11) is 0. The summed E-state index contributed by atoms with van der Waals surface area (Å²) in [6, 6.07) is 12.4. The first-order valence-corrected chi connectivity index (χ1v) is 9.59. The molecule has 1 aliphatic rings. The van der Waals surface area contributed by atoms with Crippen molar-refractivity contribution in [3.05, 3.63) is 71.7 Å². The molecule has 1 aliphatic heterocycles. The molecule has 4 rings (SSSR count). The van der Waals surface area contributed by atoms with Crippen molar-refractivity contribution in [3.63, 3.8) is 0 Å². The van der Waals surface area contributed by atoms with E-state index in [1.165, 1.54) is 0 Å². The summed E-state index contributed by atoms with van der Waals surface area (Å²) in [5.74, 6) is -0.179. The molecule has 7 nitrogen and oxygen atoms in total. The standard InChI is InChI=1S/C22H21N3O4/c26-21(19-13-20(29-24-19)17-5-3-9-23-14-17)25-10-7-15(8-11-25)12-16-4-1-2-6-18(16)22(27)28/h1-6,9,13-15H,7-8,10-12H2,(H,27,28). The number of aromatic carboxylic acids is 1. The summed E-state index contributed by atoms with van der Waals surface area (Å²) in [5, 5.41) is 13.3.